The molecule has 0 spiro atoms. The van der Waals surface area contributed by atoms with Crippen molar-refractivity contribution in [3.8, 4) is 0 Å². The molecule has 0 bridgehead atoms. The van der Waals surface area contributed by atoms with Crippen LogP contribution in [0.15, 0.2) is 12.1 Å². The molecule has 144 valence electrons. The zero-order valence-electron chi connectivity index (χ0n) is 14.7. The zero-order valence-corrected chi connectivity index (χ0v) is 14.7. The predicted octanol–water partition coefficient (Wildman–Crippen LogP) is 2.17. The van der Waals surface area contributed by atoms with Gasteiger partial charge < -0.3 is 15.8 Å². The van der Waals surface area contributed by atoms with Crippen molar-refractivity contribution in [2.75, 3.05) is 25.4 Å². The van der Waals surface area contributed by atoms with Gasteiger partial charge in [-0.3, -0.25) is 9.69 Å². The van der Waals surface area contributed by atoms with Gasteiger partial charge in [-0.05, 0) is 31.0 Å². The molecule has 0 saturated carbocycles. The van der Waals surface area contributed by atoms with Gasteiger partial charge in [0.15, 0.2) is 0 Å². The first-order chi connectivity index (χ1) is 12.1. The van der Waals surface area contributed by atoms with Crippen molar-refractivity contribution in [2.45, 2.75) is 39.0 Å². The maximum Gasteiger partial charge on any atom is 0.416 e. The van der Waals surface area contributed by atoms with E-state index in [1.165, 1.54) is 13.0 Å². The summed E-state index contributed by atoms with van der Waals surface area (Å²) in [5.41, 5.74) is 4.53. The van der Waals surface area contributed by atoms with Gasteiger partial charge in [-0.2, -0.15) is 13.2 Å². The first-order valence-corrected chi connectivity index (χ1v) is 8.28. The summed E-state index contributed by atoms with van der Waals surface area (Å²) >= 11 is 0. The van der Waals surface area contributed by atoms with Crippen LogP contribution in [0.3, 0.4) is 0 Å². The van der Waals surface area contributed by atoms with Crippen molar-refractivity contribution >= 4 is 17.6 Å². The quantitative estimate of drug-likeness (QED) is 0.610. The Hall–Kier alpha value is -2.29. The molecule has 3 N–H and O–H groups in total. The van der Waals surface area contributed by atoms with E-state index in [0.717, 1.165) is 6.07 Å². The van der Waals surface area contributed by atoms with E-state index in [9.17, 15) is 22.8 Å². The molecule has 0 aromatic heterocycles. The molecule has 9 heteroatoms. The van der Waals surface area contributed by atoms with Gasteiger partial charge in [-0.25, -0.2) is 4.79 Å². The molecule has 1 amide bonds. The fourth-order valence-electron chi connectivity index (χ4n) is 3.07. The predicted molar refractivity (Wildman–Crippen MR) is 89.3 cm³/mol. The standard InChI is InChI=1S/C17H22F3N3O3/c1-3-26-16(25)13-7-14(17(18,19)20)11(6-15(13)21)8-23-5-4-12(9-23)22-10(2)24/h6-7,12H,3-5,8-9,21H2,1-2H3,(H,22,24)/t12-/m1/s1. The summed E-state index contributed by atoms with van der Waals surface area (Å²) < 4.78 is 45.2. The maximum absolute atomic E-state index is 13.5. The van der Waals surface area contributed by atoms with Gasteiger partial charge in [-0.1, -0.05) is 0 Å². The fraction of sp³-hybridized carbons (Fsp3) is 0.529. The summed E-state index contributed by atoms with van der Waals surface area (Å²) in [5, 5.41) is 2.76. The highest BCUT2D eigenvalue weighted by molar-refractivity contribution is 5.95. The van der Waals surface area contributed by atoms with Gasteiger partial charge in [0.2, 0.25) is 5.91 Å². The Kier molecular flexibility index (Phi) is 6.12. The number of alkyl halides is 3. The topological polar surface area (TPSA) is 84.7 Å². The summed E-state index contributed by atoms with van der Waals surface area (Å²) in [6.07, 6.45) is -3.96. The first kappa shape index (κ1) is 20.0. The van der Waals surface area contributed by atoms with E-state index in [2.05, 4.69) is 5.32 Å². The van der Waals surface area contributed by atoms with Crippen LogP contribution in [0.1, 0.15) is 41.8 Å². The van der Waals surface area contributed by atoms with Gasteiger partial charge in [0.1, 0.15) is 0 Å². The van der Waals surface area contributed by atoms with Crippen LogP contribution in [-0.2, 0) is 22.3 Å². The average molecular weight is 373 g/mol. The third kappa shape index (κ3) is 4.87. The van der Waals surface area contributed by atoms with Gasteiger partial charge in [0.25, 0.3) is 0 Å². The molecule has 1 aliphatic rings. The Morgan fingerprint density at radius 1 is 1.38 bits per heavy atom. The van der Waals surface area contributed by atoms with Crippen LogP contribution < -0.4 is 11.1 Å². The number of hydrogen-bond acceptors (Lipinski definition) is 5. The van der Waals surface area contributed by atoms with E-state index >= 15 is 0 Å². The number of nitrogens with one attached hydrogen (secondary N) is 1. The molecular formula is C17H22F3N3O3. The Balaban J connectivity index is 2.26. The zero-order chi connectivity index (χ0) is 19.5. The van der Waals surface area contributed by atoms with Gasteiger partial charge in [-0.15, -0.1) is 0 Å². The van der Waals surface area contributed by atoms with Crippen molar-refractivity contribution < 1.29 is 27.5 Å². The molecular weight excluding hydrogens is 351 g/mol. The lowest BCUT2D eigenvalue weighted by molar-refractivity contribution is -0.138. The maximum atomic E-state index is 13.5. The first-order valence-electron chi connectivity index (χ1n) is 8.28. The van der Waals surface area contributed by atoms with Crippen LogP contribution in [0.2, 0.25) is 0 Å². The highest BCUT2D eigenvalue weighted by atomic mass is 19.4. The number of esters is 1. The van der Waals surface area contributed by atoms with Crippen molar-refractivity contribution in [2.24, 2.45) is 0 Å². The minimum atomic E-state index is -4.62. The summed E-state index contributed by atoms with van der Waals surface area (Å²) in [4.78, 5) is 24.8. The number of halogens is 3. The van der Waals surface area contributed by atoms with Crippen LogP contribution in [0.5, 0.6) is 0 Å². The largest absolute Gasteiger partial charge is 0.462 e. The molecule has 1 aliphatic heterocycles. The van der Waals surface area contributed by atoms with Crippen molar-refractivity contribution in [3.63, 3.8) is 0 Å². The number of nitrogen functional groups attached to an aromatic ring is 1. The number of amides is 1. The molecule has 1 atom stereocenters. The molecule has 1 fully saturated rings. The summed E-state index contributed by atoms with van der Waals surface area (Å²) in [6, 6.07) is 1.85. The van der Waals surface area contributed by atoms with Crippen LogP contribution in [0.25, 0.3) is 0 Å². The van der Waals surface area contributed by atoms with Crippen molar-refractivity contribution in [3.05, 3.63) is 28.8 Å². The molecule has 26 heavy (non-hydrogen) atoms. The molecule has 1 aromatic carbocycles. The van der Waals surface area contributed by atoms with Crippen LogP contribution in [0, 0.1) is 0 Å². The number of benzene rings is 1. The number of ether oxygens (including phenoxy) is 1. The second-order valence-electron chi connectivity index (χ2n) is 6.24. The number of hydrogen-bond donors (Lipinski definition) is 2. The number of likely N-dealkylation sites (tertiary alicyclic amines) is 1. The van der Waals surface area contributed by atoms with Crippen LogP contribution in [0.4, 0.5) is 18.9 Å². The van der Waals surface area contributed by atoms with Crippen LogP contribution in [-0.4, -0.2) is 42.5 Å². The fourth-order valence-corrected chi connectivity index (χ4v) is 3.07. The molecule has 2 rings (SSSR count). The Morgan fingerprint density at radius 3 is 2.65 bits per heavy atom. The van der Waals surface area contributed by atoms with Crippen molar-refractivity contribution in [1.82, 2.24) is 10.2 Å². The summed E-state index contributed by atoms with van der Waals surface area (Å²) in [5.74, 6) is -1.05. The molecule has 0 unspecified atom stereocenters. The minimum absolute atomic E-state index is 0.00785. The Morgan fingerprint density at radius 2 is 2.08 bits per heavy atom. The van der Waals surface area contributed by atoms with E-state index in [-0.39, 0.29) is 41.9 Å². The number of carbonyl (C=O) groups excluding carboxylic acids is 2. The number of nitrogens with zero attached hydrogens (tertiary/aromatic N) is 1. The lowest BCUT2D eigenvalue weighted by Crippen LogP contribution is -2.35. The number of anilines is 1. The number of rotatable bonds is 5. The van der Waals surface area contributed by atoms with Gasteiger partial charge in [0, 0.05) is 38.3 Å². The highest BCUT2D eigenvalue weighted by Crippen LogP contribution is 2.35. The SMILES string of the molecule is CCOC(=O)c1cc(C(F)(F)F)c(CN2CC[C@@H](NC(C)=O)C2)cc1N. The lowest BCUT2D eigenvalue weighted by atomic mass is 10.0. The second kappa shape index (κ2) is 7.94. The highest BCUT2D eigenvalue weighted by Gasteiger charge is 2.36. The van der Waals surface area contributed by atoms with E-state index in [1.807, 2.05) is 4.90 Å². The molecule has 6 nitrogen and oxygen atoms in total. The third-order valence-electron chi connectivity index (χ3n) is 4.15. The lowest BCUT2D eigenvalue weighted by Gasteiger charge is -2.21. The van der Waals surface area contributed by atoms with E-state index in [1.54, 1.807) is 6.92 Å². The van der Waals surface area contributed by atoms with E-state index in [4.69, 9.17) is 10.5 Å². The minimum Gasteiger partial charge on any atom is -0.462 e. The van der Waals surface area contributed by atoms with Crippen LogP contribution >= 0.6 is 0 Å². The molecule has 0 radical (unpaired) electrons. The van der Waals surface area contributed by atoms with E-state index < -0.39 is 17.7 Å². The summed E-state index contributed by atoms with van der Waals surface area (Å²) in [6.45, 7) is 4.04. The normalized spacial score (nSPS) is 18.0. The molecule has 0 aliphatic carbocycles. The Labute approximate surface area is 149 Å². The monoisotopic (exact) mass is 373 g/mol. The number of carbonyl (C=O) groups is 2. The third-order valence-corrected chi connectivity index (χ3v) is 4.15. The van der Waals surface area contributed by atoms with Gasteiger partial charge >= 0.3 is 12.1 Å². The summed E-state index contributed by atoms with van der Waals surface area (Å²) in [7, 11) is 0. The second-order valence-corrected chi connectivity index (χ2v) is 6.24. The Bertz CT molecular complexity index is 692. The molecule has 1 aromatic rings. The number of nitrogens with two attached hydrogens (primary N) is 1. The average Bonchev–Trinajstić information content (AvgIpc) is 2.92. The van der Waals surface area contributed by atoms with Crippen molar-refractivity contribution in [1.29, 1.82) is 0 Å². The molecule has 1 saturated heterocycles. The molecule has 1 heterocycles. The smallest absolute Gasteiger partial charge is 0.416 e. The van der Waals surface area contributed by atoms with Gasteiger partial charge in [0.05, 0.1) is 17.7 Å². The van der Waals surface area contributed by atoms with E-state index in [0.29, 0.717) is 19.5 Å².